The Morgan fingerprint density at radius 3 is 2.32 bits per heavy atom. The van der Waals surface area contributed by atoms with Gasteiger partial charge in [-0.05, 0) is 37.3 Å². The first kappa shape index (κ1) is 24.7. The number of rotatable bonds is 10. The topological polar surface area (TPSA) is 122 Å². The van der Waals surface area contributed by atoms with Gasteiger partial charge in [0, 0.05) is 20.1 Å². The molecule has 0 spiro atoms. The number of amides is 1. The number of ether oxygens (including phenoxy) is 1. The number of benzene rings is 2. The van der Waals surface area contributed by atoms with Crippen LogP contribution in [0.2, 0.25) is 0 Å². The third-order valence-corrected chi connectivity index (χ3v) is 7.55. The van der Waals surface area contributed by atoms with Gasteiger partial charge in [0.25, 0.3) is 0 Å². The number of nitrogens with one attached hydrogen (secondary N) is 2. The van der Waals surface area contributed by atoms with Crippen LogP contribution in [0.5, 0.6) is 5.75 Å². The number of likely N-dealkylation sites (N-methyl/N-ethyl adjacent to an activating group) is 1. The van der Waals surface area contributed by atoms with E-state index in [1.807, 2.05) is 6.92 Å². The fraction of sp³-hybridized carbons (Fsp3) is 0.316. The molecule has 170 valence electrons. The van der Waals surface area contributed by atoms with Gasteiger partial charge < -0.3 is 10.1 Å². The van der Waals surface area contributed by atoms with Crippen LogP contribution in [0.25, 0.3) is 0 Å². The summed E-state index contributed by atoms with van der Waals surface area (Å²) in [5.41, 5.74) is 0.918. The molecule has 0 aliphatic rings. The lowest BCUT2D eigenvalue weighted by atomic mass is 10.2. The van der Waals surface area contributed by atoms with Crippen molar-refractivity contribution >= 4 is 26.0 Å². The highest BCUT2D eigenvalue weighted by Gasteiger charge is 2.27. The standard InChI is InChI=1S/C19H24FN3O6S2/c1-14-4-7-16(8-5-14)30(25,26)22-11-10-21-19(24)13-23(2)31(27,28)18-12-15(20)6-9-17(18)29-3/h4-9,12,22H,10-11,13H2,1-3H3,(H,21,24). The van der Waals surface area contributed by atoms with E-state index >= 15 is 0 Å². The summed E-state index contributed by atoms with van der Waals surface area (Å²) in [6.07, 6.45) is 0. The largest absolute Gasteiger partial charge is 0.495 e. The third-order valence-electron chi connectivity index (χ3n) is 4.25. The van der Waals surface area contributed by atoms with E-state index in [2.05, 4.69) is 10.0 Å². The molecule has 0 bridgehead atoms. The van der Waals surface area contributed by atoms with Gasteiger partial charge in [0.15, 0.2) is 0 Å². The Hall–Kier alpha value is -2.54. The van der Waals surface area contributed by atoms with Gasteiger partial charge in [-0.25, -0.2) is 25.9 Å². The summed E-state index contributed by atoms with van der Waals surface area (Å²) in [6.45, 7) is 1.14. The van der Waals surface area contributed by atoms with E-state index in [-0.39, 0.29) is 23.7 Å². The molecule has 2 rings (SSSR count). The SMILES string of the molecule is COc1ccc(F)cc1S(=O)(=O)N(C)CC(=O)NCCNS(=O)(=O)c1ccc(C)cc1. The molecule has 0 saturated heterocycles. The normalized spacial score (nSPS) is 12.0. The van der Waals surface area contributed by atoms with Crippen LogP contribution in [-0.2, 0) is 24.8 Å². The molecular formula is C19H24FN3O6S2. The fourth-order valence-corrected chi connectivity index (χ4v) is 4.87. The van der Waals surface area contributed by atoms with Crippen molar-refractivity contribution in [2.24, 2.45) is 0 Å². The van der Waals surface area contributed by atoms with E-state index in [1.165, 1.54) is 32.4 Å². The monoisotopic (exact) mass is 473 g/mol. The second kappa shape index (κ2) is 10.2. The molecule has 1 amide bonds. The zero-order valence-electron chi connectivity index (χ0n) is 17.3. The molecule has 0 unspecified atom stereocenters. The molecule has 9 nitrogen and oxygen atoms in total. The molecule has 2 N–H and O–H groups in total. The number of halogens is 1. The molecule has 31 heavy (non-hydrogen) atoms. The van der Waals surface area contributed by atoms with Crippen LogP contribution in [0, 0.1) is 12.7 Å². The Bertz CT molecular complexity index is 1140. The summed E-state index contributed by atoms with van der Waals surface area (Å²) >= 11 is 0. The number of carbonyl (C=O) groups excluding carboxylic acids is 1. The zero-order valence-corrected chi connectivity index (χ0v) is 18.9. The molecule has 0 radical (unpaired) electrons. The summed E-state index contributed by atoms with van der Waals surface area (Å²) in [6, 6.07) is 9.31. The molecule has 12 heteroatoms. The van der Waals surface area contributed by atoms with E-state index in [9.17, 15) is 26.0 Å². The van der Waals surface area contributed by atoms with Crippen molar-refractivity contribution in [1.82, 2.24) is 14.3 Å². The predicted molar refractivity (Wildman–Crippen MR) is 112 cm³/mol. The van der Waals surface area contributed by atoms with Crippen molar-refractivity contribution in [2.45, 2.75) is 16.7 Å². The van der Waals surface area contributed by atoms with Crippen LogP contribution in [0.15, 0.2) is 52.3 Å². The second-order valence-corrected chi connectivity index (χ2v) is 10.4. The summed E-state index contributed by atoms with van der Waals surface area (Å²) in [4.78, 5) is 11.8. The molecule has 0 atom stereocenters. The molecular weight excluding hydrogens is 449 g/mol. The number of hydrogen-bond acceptors (Lipinski definition) is 6. The summed E-state index contributed by atoms with van der Waals surface area (Å²) in [5.74, 6) is -1.48. The summed E-state index contributed by atoms with van der Waals surface area (Å²) in [7, 11) is -5.51. The lowest BCUT2D eigenvalue weighted by Crippen LogP contribution is -2.41. The van der Waals surface area contributed by atoms with Gasteiger partial charge in [-0.3, -0.25) is 4.79 Å². The highest BCUT2D eigenvalue weighted by Crippen LogP contribution is 2.26. The first-order chi connectivity index (χ1) is 14.5. The minimum absolute atomic E-state index is 0.0545. The molecule has 0 heterocycles. The highest BCUT2D eigenvalue weighted by atomic mass is 32.2. The van der Waals surface area contributed by atoms with E-state index in [4.69, 9.17) is 4.74 Å². The molecule has 0 aliphatic carbocycles. The maximum atomic E-state index is 13.5. The van der Waals surface area contributed by atoms with Gasteiger partial charge in [-0.2, -0.15) is 4.31 Å². The maximum absolute atomic E-state index is 13.5. The molecule has 2 aromatic carbocycles. The van der Waals surface area contributed by atoms with Crippen molar-refractivity contribution in [1.29, 1.82) is 0 Å². The van der Waals surface area contributed by atoms with Crippen LogP contribution in [0.4, 0.5) is 4.39 Å². The lowest BCUT2D eigenvalue weighted by Gasteiger charge is -2.18. The summed E-state index contributed by atoms with van der Waals surface area (Å²) in [5, 5.41) is 2.43. The first-order valence-corrected chi connectivity index (χ1v) is 12.0. The molecule has 0 aromatic heterocycles. The van der Waals surface area contributed by atoms with Crippen LogP contribution < -0.4 is 14.8 Å². The Morgan fingerprint density at radius 2 is 1.71 bits per heavy atom. The van der Waals surface area contributed by atoms with Crippen LogP contribution in [-0.4, -0.2) is 60.8 Å². The lowest BCUT2D eigenvalue weighted by molar-refractivity contribution is -0.121. The number of methoxy groups -OCH3 is 1. The van der Waals surface area contributed by atoms with Gasteiger partial charge >= 0.3 is 0 Å². The quantitative estimate of drug-likeness (QED) is 0.494. The Kier molecular flexibility index (Phi) is 8.12. The Labute approximate surface area is 181 Å². The molecule has 2 aromatic rings. The number of sulfonamides is 2. The smallest absolute Gasteiger partial charge is 0.247 e. The van der Waals surface area contributed by atoms with Gasteiger partial charge in [0.1, 0.15) is 16.5 Å². The third kappa shape index (κ3) is 6.47. The Morgan fingerprint density at radius 1 is 1.06 bits per heavy atom. The minimum Gasteiger partial charge on any atom is -0.495 e. The van der Waals surface area contributed by atoms with Gasteiger partial charge in [-0.1, -0.05) is 17.7 Å². The Balaban J connectivity index is 1.91. The maximum Gasteiger partial charge on any atom is 0.247 e. The zero-order chi connectivity index (χ0) is 23.2. The van der Waals surface area contributed by atoms with Crippen molar-refractivity contribution in [3.63, 3.8) is 0 Å². The van der Waals surface area contributed by atoms with Crippen molar-refractivity contribution in [2.75, 3.05) is 33.8 Å². The first-order valence-electron chi connectivity index (χ1n) is 9.10. The van der Waals surface area contributed by atoms with Gasteiger partial charge in [0.2, 0.25) is 26.0 Å². The number of hydrogen-bond donors (Lipinski definition) is 2. The highest BCUT2D eigenvalue weighted by molar-refractivity contribution is 7.89. The average molecular weight is 474 g/mol. The van der Waals surface area contributed by atoms with E-state index in [1.54, 1.807) is 12.1 Å². The predicted octanol–water partition coefficient (Wildman–Crippen LogP) is 0.858. The molecule has 0 saturated carbocycles. The van der Waals surface area contributed by atoms with Crippen LogP contribution in [0.3, 0.4) is 0 Å². The molecule has 0 fully saturated rings. The van der Waals surface area contributed by atoms with Crippen molar-refractivity contribution < 1.29 is 30.8 Å². The van der Waals surface area contributed by atoms with E-state index in [0.29, 0.717) is 0 Å². The van der Waals surface area contributed by atoms with Crippen LogP contribution in [0.1, 0.15) is 5.56 Å². The van der Waals surface area contributed by atoms with Gasteiger partial charge in [-0.15, -0.1) is 0 Å². The van der Waals surface area contributed by atoms with E-state index in [0.717, 1.165) is 22.0 Å². The second-order valence-electron chi connectivity index (χ2n) is 6.62. The number of carbonyl (C=O) groups is 1. The van der Waals surface area contributed by atoms with Crippen molar-refractivity contribution in [3.05, 3.63) is 53.8 Å². The number of nitrogens with zero attached hydrogens (tertiary/aromatic N) is 1. The van der Waals surface area contributed by atoms with Crippen molar-refractivity contribution in [3.8, 4) is 5.75 Å². The van der Waals surface area contributed by atoms with Crippen LogP contribution >= 0.6 is 0 Å². The average Bonchev–Trinajstić information content (AvgIpc) is 2.71. The summed E-state index contributed by atoms with van der Waals surface area (Å²) < 4.78 is 71.2. The number of aryl methyl sites for hydroxylation is 1. The van der Waals surface area contributed by atoms with E-state index < -0.39 is 43.2 Å². The minimum atomic E-state index is -4.20. The molecule has 0 aliphatic heterocycles. The fourth-order valence-electron chi connectivity index (χ4n) is 2.55. The van der Waals surface area contributed by atoms with Gasteiger partial charge in [0.05, 0.1) is 18.6 Å².